The van der Waals surface area contributed by atoms with Crippen molar-refractivity contribution in [3.05, 3.63) is 23.8 Å². The van der Waals surface area contributed by atoms with Crippen molar-refractivity contribution in [3.8, 4) is 5.75 Å². The molecule has 1 aromatic rings. The molecule has 0 saturated heterocycles. The standard InChI is InChI=1S/C14H21NO4/c1-10(16)14-12(6-5-7-13(14)19-4)15(2)8-11(17)9-18-3/h5-7,11,17H,8-9H2,1-4H3. The molecule has 0 spiro atoms. The predicted molar refractivity (Wildman–Crippen MR) is 74.2 cm³/mol. The highest BCUT2D eigenvalue weighted by atomic mass is 16.5. The van der Waals surface area contributed by atoms with Crippen LogP contribution in [0.1, 0.15) is 17.3 Å². The summed E-state index contributed by atoms with van der Waals surface area (Å²) in [7, 11) is 4.89. The van der Waals surface area contributed by atoms with Gasteiger partial charge in [0, 0.05) is 20.7 Å². The number of Topliss-reactive ketones (excluding diaryl/α,β-unsaturated/α-hetero) is 1. The molecule has 0 aromatic heterocycles. The Morgan fingerprint density at radius 2 is 2.11 bits per heavy atom. The maximum atomic E-state index is 11.8. The van der Waals surface area contributed by atoms with Gasteiger partial charge in [-0.2, -0.15) is 0 Å². The molecule has 0 bridgehead atoms. The Morgan fingerprint density at radius 1 is 1.42 bits per heavy atom. The molecule has 0 aliphatic heterocycles. The largest absolute Gasteiger partial charge is 0.496 e. The van der Waals surface area contributed by atoms with Gasteiger partial charge in [-0.3, -0.25) is 4.79 Å². The summed E-state index contributed by atoms with van der Waals surface area (Å²) >= 11 is 0. The number of carbonyl (C=O) groups is 1. The number of aliphatic hydroxyl groups is 1. The fourth-order valence-corrected chi connectivity index (χ4v) is 2.02. The lowest BCUT2D eigenvalue weighted by Gasteiger charge is -2.25. The van der Waals surface area contributed by atoms with Crippen molar-refractivity contribution in [1.29, 1.82) is 0 Å². The van der Waals surface area contributed by atoms with Gasteiger partial charge in [-0.25, -0.2) is 0 Å². The maximum absolute atomic E-state index is 11.8. The Morgan fingerprint density at radius 3 is 2.63 bits per heavy atom. The Bertz CT molecular complexity index is 433. The molecule has 5 nitrogen and oxygen atoms in total. The molecule has 0 aliphatic rings. The van der Waals surface area contributed by atoms with Gasteiger partial charge in [0.05, 0.1) is 31.1 Å². The molecule has 0 amide bonds. The third-order valence-electron chi connectivity index (χ3n) is 2.83. The molecule has 1 rings (SSSR count). The number of ketones is 1. The van der Waals surface area contributed by atoms with Crippen molar-refractivity contribution in [2.24, 2.45) is 0 Å². The minimum Gasteiger partial charge on any atom is -0.496 e. The smallest absolute Gasteiger partial charge is 0.165 e. The van der Waals surface area contributed by atoms with Gasteiger partial charge < -0.3 is 19.5 Å². The molecule has 1 aromatic carbocycles. The van der Waals surface area contributed by atoms with Crippen molar-refractivity contribution < 1.29 is 19.4 Å². The molecule has 1 unspecified atom stereocenters. The highest BCUT2D eigenvalue weighted by Gasteiger charge is 2.18. The zero-order chi connectivity index (χ0) is 14.4. The molecule has 1 atom stereocenters. The molecule has 106 valence electrons. The van der Waals surface area contributed by atoms with E-state index in [4.69, 9.17) is 9.47 Å². The highest BCUT2D eigenvalue weighted by molar-refractivity contribution is 6.02. The van der Waals surface area contributed by atoms with E-state index in [1.807, 2.05) is 24.1 Å². The minimum absolute atomic E-state index is 0.0690. The number of nitrogens with zero attached hydrogens (tertiary/aromatic N) is 1. The summed E-state index contributed by atoms with van der Waals surface area (Å²) in [6.45, 7) is 2.13. The number of carbonyl (C=O) groups excluding carboxylic acids is 1. The first kappa shape index (κ1) is 15.5. The van der Waals surface area contributed by atoms with Crippen molar-refractivity contribution in [2.75, 3.05) is 39.3 Å². The van der Waals surface area contributed by atoms with Crippen LogP contribution < -0.4 is 9.64 Å². The number of hydrogen-bond acceptors (Lipinski definition) is 5. The molecule has 0 heterocycles. The van der Waals surface area contributed by atoms with Gasteiger partial charge in [-0.15, -0.1) is 0 Å². The van der Waals surface area contributed by atoms with E-state index in [1.165, 1.54) is 21.1 Å². The first-order chi connectivity index (χ1) is 9.01. The van der Waals surface area contributed by atoms with Crippen molar-refractivity contribution >= 4 is 11.5 Å². The summed E-state index contributed by atoms with van der Waals surface area (Å²) in [5, 5.41) is 9.75. The minimum atomic E-state index is -0.610. The summed E-state index contributed by atoms with van der Waals surface area (Å²) in [5.74, 6) is 0.471. The first-order valence-electron chi connectivity index (χ1n) is 6.07. The molecule has 5 heteroatoms. The number of rotatable bonds is 7. The first-order valence-corrected chi connectivity index (χ1v) is 6.07. The van der Waals surface area contributed by atoms with Crippen LogP contribution in [-0.4, -0.2) is 51.4 Å². The third-order valence-corrected chi connectivity index (χ3v) is 2.83. The Labute approximate surface area is 113 Å². The van der Waals surface area contributed by atoms with E-state index >= 15 is 0 Å². The zero-order valence-electron chi connectivity index (χ0n) is 11.8. The summed E-state index contributed by atoms with van der Waals surface area (Å²) in [6.07, 6.45) is -0.610. The highest BCUT2D eigenvalue weighted by Crippen LogP contribution is 2.29. The van der Waals surface area contributed by atoms with Crippen LogP contribution in [0.5, 0.6) is 5.75 Å². The molecular formula is C14H21NO4. The van der Waals surface area contributed by atoms with Gasteiger partial charge in [0.25, 0.3) is 0 Å². The van der Waals surface area contributed by atoms with E-state index in [0.29, 0.717) is 17.9 Å². The van der Waals surface area contributed by atoms with Gasteiger partial charge in [0.2, 0.25) is 0 Å². The monoisotopic (exact) mass is 267 g/mol. The molecule has 0 fully saturated rings. The lowest BCUT2D eigenvalue weighted by atomic mass is 10.1. The Kier molecular flexibility index (Phi) is 5.79. The fourth-order valence-electron chi connectivity index (χ4n) is 2.02. The quantitative estimate of drug-likeness (QED) is 0.755. The van der Waals surface area contributed by atoms with E-state index < -0.39 is 6.10 Å². The molecule has 0 radical (unpaired) electrons. The molecule has 0 aliphatic carbocycles. The molecule has 1 N–H and O–H groups in total. The third kappa shape index (κ3) is 3.94. The second kappa shape index (κ2) is 7.11. The molecule has 19 heavy (non-hydrogen) atoms. The summed E-state index contributed by atoms with van der Waals surface area (Å²) in [5.41, 5.74) is 1.26. The second-order valence-electron chi connectivity index (χ2n) is 4.40. The van der Waals surface area contributed by atoms with Crippen LogP contribution in [0.15, 0.2) is 18.2 Å². The van der Waals surface area contributed by atoms with Crippen LogP contribution >= 0.6 is 0 Å². The molecule has 0 saturated carbocycles. The lowest BCUT2D eigenvalue weighted by Crippen LogP contribution is -2.32. The van der Waals surface area contributed by atoms with E-state index in [2.05, 4.69) is 0 Å². The number of benzene rings is 1. The van der Waals surface area contributed by atoms with Crippen LogP contribution in [0.2, 0.25) is 0 Å². The van der Waals surface area contributed by atoms with Crippen LogP contribution in [0, 0.1) is 0 Å². The maximum Gasteiger partial charge on any atom is 0.165 e. The van der Waals surface area contributed by atoms with Gasteiger partial charge in [-0.1, -0.05) is 6.07 Å². The van der Waals surface area contributed by atoms with Gasteiger partial charge in [-0.05, 0) is 19.1 Å². The average Bonchev–Trinajstić information content (AvgIpc) is 2.37. The van der Waals surface area contributed by atoms with Gasteiger partial charge >= 0.3 is 0 Å². The van der Waals surface area contributed by atoms with Crippen molar-refractivity contribution in [3.63, 3.8) is 0 Å². The number of anilines is 1. The fraction of sp³-hybridized carbons (Fsp3) is 0.500. The van der Waals surface area contributed by atoms with Crippen LogP contribution in [-0.2, 0) is 4.74 Å². The summed E-state index contributed by atoms with van der Waals surface area (Å²) in [6, 6.07) is 5.40. The predicted octanol–water partition coefficient (Wildman–Crippen LogP) is 1.34. The van der Waals surface area contributed by atoms with Gasteiger partial charge in [0.15, 0.2) is 5.78 Å². The second-order valence-corrected chi connectivity index (χ2v) is 4.40. The normalized spacial score (nSPS) is 12.1. The summed E-state index contributed by atoms with van der Waals surface area (Å²) < 4.78 is 10.1. The summed E-state index contributed by atoms with van der Waals surface area (Å²) in [4.78, 5) is 13.6. The van der Waals surface area contributed by atoms with E-state index in [1.54, 1.807) is 6.07 Å². The lowest BCUT2D eigenvalue weighted by molar-refractivity contribution is 0.0694. The average molecular weight is 267 g/mol. The number of likely N-dealkylation sites (N-methyl/N-ethyl adjacent to an activating group) is 1. The van der Waals surface area contributed by atoms with Crippen LogP contribution in [0.3, 0.4) is 0 Å². The SMILES string of the molecule is COCC(O)CN(C)c1cccc(OC)c1C(C)=O. The van der Waals surface area contributed by atoms with Crippen molar-refractivity contribution in [1.82, 2.24) is 0 Å². The zero-order valence-corrected chi connectivity index (χ0v) is 11.8. The Hall–Kier alpha value is -1.59. The topological polar surface area (TPSA) is 59.0 Å². The van der Waals surface area contributed by atoms with Crippen LogP contribution in [0.25, 0.3) is 0 Å². The number of methoxy groups -OCH3 is 2. The Balaban J connectivity index is 3.02. The van der Waals surface area contributed by atoms with Crippen LogP contribution in [0.4, 0.5) is 5.69 Å². The van der Waals surface area contributed by atoms with E-state index in [0.717, 1.165) is 5.69 Å². The van der Waals surface area contributed by atoms with Gasteiger partial charge in [0.1, 0.15) is 5.75 Å². The molecular weight excluding hydrogens is 246 g/mol. The van der Waals surface area contributed by atoms with E-state index in [-0.39, 0.29) is 12.4 Å². The van der Waals surface area contributed by atoms with Crippen molar-refractivity contribution in [2.45, 2.75) is 13.0 Å². The van der Waals surface area contributed by atoms with E-state index in [9.17, 15) is 9.90 Å². The number of ether oxygens (including phenoxy) is 2. The number of aliphatic hydroxyl groups excluding tert-OH is 1. The number of hydrogen-bond donors (Lipinski definition) is 1.